The lowest BCUT2D eigenvalue weighted by Gasteiger charge is -2.08. The van der Waals surface area contributed by atoms with Gasteiger partial charge in [0.05, 0.1) is 5.02 Å². The molecule has 1 aliphatic rings. The summed E-state index contributed by atoms with van der Waals surface area (Å²) in [7, 11) is 0. The van der Waals surface area contributed by atoms with Crippen LogP contribution in [-0.4, -0.2) is 28.0 Å². The first-order valence-electron chi connectivity index (χ1n) is 7.89. The first-order valence-corrected chi connectivity index (χ1v) is 9.04. The molecule has 0 spiro atoms. The van der Waals surface area contributed by atoms with E-state index < -0.39 is 30.2 Å². The number of anilines is 1. The maximum absolute atomic E-state index is 13.8. The van der Waals surface area contributed by atoms with Gasteiger partial charge in [0.25, 0.3) is 0 Å². The number of carboxylic acid groups (broad SMARTS) is 1. The van der Waals surface area contributed by atoms with Crippen LogP contribution in [0.5, 0.6) is 5.88 Å². The second-order valence-electron chi connectivity index (χ2n) is 5.92. The molecule has 0 bridgehead atoms. The van der Waals surface area contributed by atoms with E-state index >= 15 is 0 Å². The van der Waals surface area contributed by atoms with Crippen molar-refractivity contribution in [2.45, 2.75) is 19.4 Å². The van der Waals surface area contributed by atoms with Crippen molar-refractivity contribution >= 4 is 40.1 Å². The molecule has 0 radical (unpaired) electrons. The molecular formula is C16H14ClF2N3O4S. The van der Waals surface area contributed by atoms with Gasteiger partial charge in [-0.05, 0) is 42.4 Å². The smallest absolute Gasteiger partial charge is 0.344 e. The van der Waals surface area contributed by atoms with Gasteiger partial charge in [0.1, 0.15) is 23.2 Å². The number of aromatic nitrogens is 1. The van der Waals surface area contributed by atoms with Crippen molar-refractivity contribution < 1.29 is 28.2 Å². The second-order valence-corrected chi connectivity index (χ2v) is 7.10. The second kappa shape index (κ2) is 8.05. The molecule has 2 amide bonds. The average molecular weight is 418 g/mol. The van der Waals surface area contributed by atoms with Crippen molar-refractivity contribution in [1.29, 1.82) is 0 Å². The number of carboxylic acids is 1. The fourth-order valence-electron chi connectivity index (χ4n) is 2.17. The normalized spacial score (nSPS) is 13.3. The summed E-state index contributed by atoms with van der Waals surface area (Å²) in [5.74, 6) is -2.85. The Morgan fingerprint density at radius 1 is 1.33 bits per heavy atom. The third-order valence-electron chi connectivity index (χ3n) is 3.80. The van der Waals surface area contributed by atoms with Gasteiger partial charge in [0, 0.05) is 12.1 Å². The van der Waals surface area contributed by atoms with Crippen LogP contribution in [-0.2, 0) is 6.61 Å². The fraction of sp³-hybridized carbons (Fsp3) is 0.312. The molecule has 7 nitrogen and oxygen atoms in total. The highest BCUT2D eigenvalue weighted by molar-refractivity contribution is 7.11. The van der Waals surface area contributed by atoms with Gasteiger partial charge in [0.2, 0.25) is 5.88 Å². The Morgan fingerprint density at radius 3 is 2.74 bits per heavy atom. The minimum Gasteiger partial charge on any atom is -0.477 e. The number of aromatic carboxylic acids is 1. The summed E-state index contributed by atoms with van der Waals surface area (Å²) in [6.07, 6.45) is 2.11. The number of rotatable bonds is 7. The number of ether oxygens (including phenoxy) is 1. The Bertz CT molecular complexity index is 889. The summed E-state index contributed by atoms with van der Waals surface area (Å²) in [6.45, 7) is 0.0507. The van der Waals surface area contributed by atoms with Gasteiger partial charge in [-0.15, -0.1) is 0 Å². The third kappa shape index (κ3) is 4.83. The fourth-order valence-corrected chi connectivity index (χ4v) is 3.05. The number of amides is 2. The van der Waals surface area contributed by atoms with Gasteiger partial charge >= 0.3 is 12.0 Å². The number of benzene rings is 1. The van der Waals surface area contributed by atoms with Crippen molar-refractivity contribution in [3.05, 3.63) is 39.9 Å². The molecule has 0 atom stereocenters. The van der Waals surface area contributed by atoms with Crippen molar-refractivity contribution in [2.24, 2.45) is 5.92 Å². The minimum absolute atomic E-state index is 0.0199. The highest BCUT2D eigenvalue weighted by atomic mass is 35.5. The van der Waals surface area contributed by atoms with E-state index in [0.717, 1.165) is 25.0 Å². The summed E-state index contributed by atoms with van der Waals surface area (Å²) in [5.41, 5.74) is -0.519. The molecule has 27 heavy (non-hydrogen) atoms. The van der Waals surface area contributed by atoms with Crippen LogP contribution in [0.3, 0.4) is 0 Å². The zero-order valence-electron chi connectivity index (χ0n) is 13.7. The van der Waals surface area contributed by atoms with Crippen molar-refractivity contribution in [2.75, 3.05) is 11.9 Å². The zero-order chi connectivity index (χ0) is 19.6. The van der Waals surface area contributed by atoms with Crippen LogP contribution in [0.1, 0.15) is 28.8 Å². The Labute approximate surface area is 161 Å². The standard InChI is InChI=1S/C16H14ClF2N3O4S/c17-9-4-10(18)8(3-11(9)19)6-26-13-12(15(23)24)14(27-22-13)21-16(25)20-5-7-1-2-7/h3-4,7H,1-2,5-6H2,(H,23,24)(H2,20,21,25). The quantitative estimate of drug-likeness (QED) is 0.593. The van der Waals surface area contributed by atoms with Crippen LogP contribution in [0.15, 0.2) is 12.1 Å². The third-order valence-corrected chi connectivity index (χ3v) is 4.84. The number of urea groups is 1. The molecule has 1 aromatic heterocycles. The Kier molecular flexibility index (Phi) is 5.76. The largest absolute Gasteiger partial charge is 0.477 e. The molecular weight excluding hydrogens is 404 g/mol. The van der Waals surface area contributed by atoms with Crippen molar-refractivity contribution in [3.63, 3.8) is 0 Å². The Balaban J connectivity index is 1.70. The van der Waals surface area contributed by atoms with E-state index in [1.807, 2.05) is 0 Å². The molecule has 3 N–H and O–H groups in total. The molecule has 1 fully saturated rings. The van der Waals surface area contributed by atoms with E-state index in [1.165, 1.54) is 0 Å². The van der Waals surface area contributed by atoms with E-state index in [0.29, 0.717) is 24.0 Å². The molecule has 1 aromatic carbocycles. The molecule has 0 unspecified atom stereocenters. The number of nitrogens with zero attached hydrogens (tertiary/aromatic N) is 1. The molecule has 1 aliphatic carbocycles. The van der Waals surface area contributed by atoms with Crippen molar-refractivity contribution in [1.82, 2.24) is 9.69 Å². The SMILES string of the molecule is O=C(NCC1CC1)Nc1snc(OCc2cc(F)c(Cl)cc2F)c1C(=O)O. The number of carbonyl (C=O) groups is 2. The molecule has 0 aliphatic heterocycles. The number of hydrogen-bond donors (Lipinski definition) is 3. The van der Waals surface area contributed by atoms with Gasteiger partial charge in [-0.3, -0.25) is 5.32 Å². The van der Waals surface area contributed by atoms with Crippen molar-refractivity contribution in [3.8, 4) is 5.88 Å². The lowest BCUT2D eigenvalue weighted by atomic mass is 10.2. The highest BCUT2D eigenvalue weighted by Crippen LogP contribution is 2.32. The predicted molar refractivity (Wildman–Crippen MR) is 94.5 cm³/mol. The summed E-state index contributed by atoms with van der Waals surface area (Å²) < 4.78 is 36.3. The lowest BCUT2D eigenvalue weighted by molar-refractivity contribution is 0.0693. The molecule has 144 valence electrons. The van der Waals surface area contributed by atoms with E-state index in [9.17, 15) is 23.5 Å². The maximum atomic E-state index is 13.8. The predicted octanol–water partition coefficient (Wildman–Crippen LogP) is 3.88. The Hall–Kier alpha value is -2.46. The number of carbonyl (C=O) groups excluding carboxylic acids is 1. The van der Waals surface area contributed by atoms with Crippen LogP contribution < -0.4 is 15.4 Å². The number of hydrogen-bond acceptors (Lipinski definition) is 5. The van der Waals surface area contributed by atoms with E-state index in [1.54, 1.807) is 0 Å². The first-order chi connectivity index (χ1) is 12.8. The Morgan fingerprint density at radius 2 is 2.07 bits per heavy atom. The molecule has 1 saturated carbocycles. The van der Waals surface area contributed by atoms with Gasteiger partial charge in [-0.2, -0.15) is 4.37 Å². The van der Waals surface area contributed by atoms with E-state index in [2.05, 4.69) is 15.0 Å². The van der Waals surface area contributed by atoms with Crippen LogP contribution in [0.2, 0.25) is 5.02 Å². The minimum atomic E-state index is -1.38. The van der Waals surface area contributed by atoms with Crippen LogP contribution in [0, 0.1) is 17.6 Å². The van der Waals surface area contributed by atoms with E-state index in [4.69, 9.17) is 16.3 Å². The van der Waals surface area contributed by atoms with Gasteiger partial charge in [-0.1, -0.05) is 11.6 Å². The summed E-state index contributed by atoms with van der Waals surface area (Å²) in [6, 6.07) is 1.10. The zero-order valence-corrected chi connectivity index (χ0v) is 15.3. The summed E-state index contributed by atoms with van der Waals surface area (Å²) in [5, 5.41) is 14.0. The van der Waals surface area contributed by atoms with Crippen LogP contribution in [0.4, 0.5) is 18.6 Å². The molecule has 3 rings (SSSR count). The van der Waals surface area contributed by atoms with Gasteiger partial charge < -0.3 is 15.2 Å². The monoisotopic (exact) mass is 417 g/mol. The van der Waals surface area contributed by atoms with Crippen LogP contribution >= 0.6 is 23.1 Å². The average Bonchev–Trinajstić information content (AvgIpc) is 3.35. The highest BCUT2D eigenvalue weighted by Gasteiger charge is 2.25. The number of halogens is 3. The number of nitrogens with one attached hydrogen (secondary N) is 2. The topological polar surface area (TPSA) is 101 Å². The van der Waals surface area contributed by atoms with Crippen LogP contribution in [0.25, 0.3) is 0 Å². The van der Waals surface area contributed by atoms with Gasteiger partial charge in [0.15, 0.2) is 5.56 Å². The lowest BCUT2D eigenvalue weighted by Crippen LogP contribution is -2.30. The van der Waals surface area contributed by atoms with E-state index in [-0.39, 0.29) is 27.0 Å². The molecule has 2 aromatic rings. The summed E-state index contributed by atoms with van der Waals surface area (Å²) in [4.78, 5) is 23.3. The first kappa shape index (κ1) is 19.3. The molecule has 0 saturated heterocycles. The molecule has 11 heteroatoms. The molecule has 1 heterocycles. The van der Waals surface area contributed by atoms with Gasteiger partial charge in [-0.25, -0.2) is 18.4 Å². The summed E-state index contributed by atoms with van der Waals surface area (Å²) >= 11 is 6.19. The maximum Gasteiger partial charge on any atom is 0.344 e.